The van der Waals surface area contributed by atoms with Gasteiger partial charge in [-0.3, -0.25) is 9.80 Å². The lowest BCUT2D eigenvalue weighted by atomic mass is 10.1. The fourth-order valence-corrected chi connectivity index (χ4v) is 8.37. The van der Waals surface area contributed by atoms with Gasteiger partial charge < -0.3 is 0 Å². The fraction of sp³-hybridized carbons (Fsp3) is 1.00. The third-order valence-electron chi connectivity index (χ3n) is 5.78. The quantitative estimate of drug-likeness (QED) is 0.148. The average molecular weight is 387 g/mol. The molecule has 0 aliphatic rings. The Morgan fingerprint density at radius 2 is 1.12 bits per heavy atom. The topological polar surface area (TPSA) is 6.48 Å². The normalized spacial score (nSPS) is 14.0. The molecule has 0 heterocycles. The Bertz CT molecular complexity index is 307. The molecule has 0 amide bonds. The Hall–Kier alpha value is 0.350. The molecule has 0 aliphatic heterocycles. The second kappa shape index (κ2) is 15.3. The molecule has 0 aromatic rings. The van der Waals surface area contributed by atoms with E-state index in [0.29, 0.717) is 0 Å². The summed E-state index contributed by atoms with van der Waals surface area (Å²) in [4.78, 5) is 5.02. The van der Waals surface area contributed by atoms with Crippen LogP contribution in [-0.4, -0.2) is 55.7 Å². The Morgan fingerprint density at radius 1 is 0.692 bits per heavy atom. The van der Waals surface area contributed by atoms with E-state index in [2.05, 4.69) is 65.7 Å². The molecule has 1 unspecified atom stereocenters. The SMILES string of the molecule is CCCCCCCCCCCCP(CC(C)C)C(CC)(N(C)C)N(C)C. The highest BCUT2D eigenvalue weighted by atomic mass is 31.1. The van der Waals surface area contributed by atoms with Crippen LogP contribution in [0.1, 0.15) is 98.3 Å². The van der Waals surface area contributed by atoms with Crippen LogP contribution in [-0.2, 0) is 0 Å². The average Bonchev–Trinajstić information content (AvgIpc) is 2.56. The molecule has 1 atom stereocenters. The van der Waals surface area contributed by atoms with Gasteiger partial charge in [-0.25, -0.2) is 0 Å². The van der Waals surface area contributed by atoms with Gasteiger partial charge in [-0.05, 0) is 59.3 Å². The first-order valence-electron chi connectivity index (χ1n) is 11.4. The van der Waals surface area contributed by atoms with E-state index in [9.17, 15) is 0 Å². The first-order chi connectivity index (χ1) is 12.3. The van der Waals surface area contributed by atoms with Gasteiger partial charge in [0.05, 0.1) is 5.40 Å². The Kier molecular flexibility index (Phi) is 15.5. The van der Waals surface area contributed by atoms with E-state index in [1.807, 2.05) is 0 Å². The van der Waals surface area contributed by atoms with E-state index in [1.54, 1.807) is 0 Å². The van der Waals surface area contributed by atoms with Gasteiger partial charge in [0.1, 0.15) is 0 Å². The molecule has 0 fully saturated rings. The predicted molar refractivity (Wildman–Crippen MR) is 124 cm³/mol. The van der Waals surface area contributed by atoms with Gasteiger partial charge >= 0.3 is 0 Å². The molecule has 0 radical (unpaired) electrons. The highest BCUT2D eigenvalue weighted by Gasteiger charge is 2.40. The van der Waals surface area contributed by atoms with Gasteiger partial charge in [0.25, 0.3) is 0 Å². The van der Waals surface area contributed by atoms with Gasteiger partial charge in [0, 0.05) is 0 Å². The second-order valence-electron chi connectivity index (χ2n) is 8.94. The Morgan fingerprint density at radius 3 is 1.46 bits per heavy atom. The smallest absolute Gasteiger partial charge is 0.0922 e. The summed E-state index contributed by atoms with van der Waals surface area (Å²) < 4.78 is 0. The van der Waals surface area contributed by atoms with E-state index in [0.717, 1.165) is 5.92 Å². The van der Waals surface area contributed by atoms with Crippen LogP contribution in [0.3, 0.4) is 0 Å². The van der Waals surface area contributed by atoms with E-state index in [-0.39, 0.29) is 13.3 Å². The lowest BCUT2D eigenvalue weighted by Crippen LogP contribution is -2.54. The minimum atomic E-state index is -0.00949. The van der Waals surface area contributed by atoms with Crippen molar-refractivity contribution in [2.24, 2.45) is 5.92 Å². The molecule has 0 aromatic carbocycles. The minimum absolute atomic E-state index is 0.00949. The molecular weight excluding hydrogens is 335 g/mol. The van der Waals surface area contributed by atoms with E-state index in [4.69, 9.17) is 0 Å². The van der Waals surface area contributed by atoms with Gasteiger partial charge in [-0.2, -0.15) is 0 Å². The Labute approximate surface area is 168 Å². The van der Waals surface area contributed by atoms with Gasteiger partial charge in [-0.1, -0.05) is 93.4 Å². The standard InChI is InChI=1S/C23H51N2P/c1-9-11-12-13-14-15-16-17-18-19-20-26(21-22(3)4)23(10-2,24(5)6)25(7)8/h22H,9-21H2,1-8H3. The summed E-state index contributed by atoms with van der Waals surface area (Å²) in [6.45, 7) is 9.49. The van der Waals surface area contributed by atoms with Crippen molar-refractivity contribution in [1.29, 1.82) is 0 Å². The zero-order chi connectivity index (χ0) is 20.0. The summed E-state index contributed by atoms with van der Waals surface area (Å²) in [7, 11) is 9.15. The number of nitrogens with zero attached hydrogens (tertiary/aromatic N) is 2. The molecule has 158 valence electrons. The zero-order valence-electron chi connectivity index (χ0n) is 19.6. The second-order valence-corrected chi connectivity index (χ2v) is 11.5. The number of hydrogen-bond donors (Lipinski definition) is 0. The van der Waals surface area contributed by atoms with Crippen LogP contribution >= 0.6 is 7.92 Å². The summed E-state index contributed by atoms with van der Waals surface area (Å²) in [5, 5.41) is 0.263. The van der Waals surface area contributed by atoms with Crippen molar-refractivity contribution in [3.05, 3.63) is 0 Å². The minimum Gasteiger partial charge on any atom is -0.288 e. The molecule has 26 heavy (non-hydrogen) atoms. The van der Waals surface area contributed by atoms with Crippen LogP contribution in [0, 0.1) is 5.92 Å². The Balaban J connectivity index is 4.34. The van der Waals surface area contributed by atoms with Gasteiger partial charge in [0.2, 0.25) is 0 Å². The maximum Gasteiger partial charge on any atom is 0.0922 e. The largest absolute Gasteiger partial charge is 0.288 e. The van der Waals surface area contributed by atoms with Crippen LogP contribution in [0.15, 0.2) is 0 Å². The summed E-state index contributed by atoms with van der Waals surface area (Å²) in [6.07, 6.45) is 18.4. The van der Waals surface area contributed by atoms with Crippen molar-refractivity contribution in [1.82, 2.24) is 9.80 Å². The first kappa shape index (κ1) is 26.4. The zero-order valence-corrected chi connectivity index (χ0v) is 20.5. The number of hydrogen-bond acceptors (Lipinski definition) is 2. The van der Waals surface area contributed by atoms with E-state index in [1.165, 1.54) is 83.0 Å². The summed E-state index contributed by atoms with van der Waals surface area (Å²) in [5.41, 5.74) is 0. The summed E-state index contributed by atoms with van der Waals surface area (Å²) >= 11 is 0. The molecule has 2 nitrogen and oxygen atoms in total. The first-order valence-corrected chi connectivity index (χ1v) is 13.1. The van der Waals surface area contributed by atoms with Crippen LogP contribution < -0.4 is 0 Å². The molecule has 3 heteroatoms. The number of rotatable bonds is 17. The molecule has 0 saturated heterocycles. The van der Waals surface area contributed by atoms with Crippen molar-refractivity contribution in [2.75, 3.05) is 40.5 Å². The van der Waals surface area contributed by atoms with Crippen molar-refractivity contribution >= 4 is 7.92 Å². The molecule has 0 N–H and O–H groups in total. The van der Waals surface area contributed by atoms with E-state index >= 15 is 0 Å². The third-order valence-corrected chi connectivity index (χ3v) is 9.94. The third kappa shape index (κ3) is 9.52. The molecule has 0 aromatic heterocycles. The van der Waals surface area contributed by atoms with Gasteiger partial charge in [-0.15, -0.1) is 0 Å². The molecular formula is C23H51N2P. The predicted octanol–water partition coefficient (Wildman–Crippen LogP) is 7.23. The molecule has 0 rings (SSSR count). The summed E-state index contributed by atoms with van der Waals surface area (Å²) in [5.74, 6) is 0.801. The monoisotopic (exact) mass is 386 g/mol. The molecule has 0 spiro atoms. The lowest BCUT2D eigenvalue weighted by Gasteiger charge is -2.51. The van der Waals surface area contributed by atoms with Crippen molar-refractivity contribution in [3.8, 4) is 0 Å². The van der Waals surface area contributed by atoms with Crippen LogP contribution in [0.2, 0.25) is 0 Å². The molecule has 0 saturated carbocycles. The maximum atomic E-state index is 2.51. The van der Waals surface area contributed by atoms with Crippen LogP contribution in [0.4, 0.5) is 0 Å². The molecule has 0 bridgehead atoms. The van der Waals surface area contributed by atoms with Crippen molar-refractivity contribution in [3.63, 3.8) is 0 Å². The lowest BCUT2D eigenvalue weighted by molar-refractivity contribution is 0.0825. The molecule has 0 aliphatic carbocycles. The maximum absolute atomic E-state index is 2.51. The van der Waals surface area contributed by atoms with Crippen molar-refractivity contribution in [2.45, 2.75) is 104 Å². The summed E-state index contributed by atoms with van der Waals surface area (Å²) in [6, 6.07) is 0. The van der Waals surface area contributed by atoms with Crippen LogP contribution in [0.5, 0.6) is 0 Å². The highest BCUT2D eigenvalue weighted by molar-refractivity contribution is 7.59. The number of unbranched alkanes of at least 4 members (excludes halogenated alkanes) is 9. The van der Waals surface area contributed by atoms with Gasteiger partial charge in [0.15, 0.2) is 0 Å². The van der Waals surface area contributed by atoms with Crippen molar-refractivity contribution < 1.29 is 0 Å². The van der Waals surface area contributed by atoms with E-state index < -0.39 is 0 Å². The highest BCUT2D eigenvalue weighted by Crippen LogP contribution is 2.55. The van der Waals surface area contributed by atoms with Crippen LogP contribution in [0.25, 0.3) is 0 Å². The fourth-order valence-electron chi connectivity index (χ4n) is 4.47.